The minimum absolute atomic E-state index is 0.203. The zero-order valence-corrected chi connectivity index (χ0v) is 13.2. The third-order valence-electron chi connectivity index (χ3n) is 4.50. The van der Waals surface area contributed by atoms with Crippen LogP contribution in [-0.4, -0.2) is 39.3 Å². The summed E-state index contributed by atoms with van der Waals surface area (Å²) in [5, 5.41) is 9.93. The number of amides is 2. The Bertz CT molecular complexity index is 1000. The molecule has 1 aliphatic rings. The zero-order chi connectivity index (χ0) is 17.6. The molecule has 0 fully saturated rings. The van der Waals surface area contributed by atoms with Gasteiger partial charge >= 0.3 is 5.97 Å². The van der Waals surface area contributed by atoms with Gasteiger partial charge in [-0.3, -0.25) is 14.5 Å². The van der Waals surface area contributed by atoms with Gasteiger partial charge < -0.3 is 10.1 Å². The first-order chi connectivity index (χ1) is 12.1. The second-order valence-corrected chi connectivity index (χ2v) is 5.94. The Balaban J connectivity index is 1.59. The number of H-pyrrole nitrogens is 1. The van der Waals surface area contributed by atoms with Gasteiger partial charge in [-0.05, 0) is 42.3 Å². The molecule has 2 amide bonds. The van der Waals surface area contributed by atoms with E-state index in [0.29, 0.717) is 17.5 Å². The van der Waals surface area contributed by atoms with Crippen molar-refractivity contribution in [3.63, 3.8) is 0 Å². The van der Waals surface area contributed by atoms with E-state index in [1.54, 1.807) is 42.6 Å². The van der Waals surface area contributed by atoms with Crippen LogP contribution in [0, 0.1) is 0 Å². The summed E-state index contributed by atoms with van der Waals surface area (Å²) in [6, 6.07) is 11.6. The van der Waals surface area contributed by atoms with Crippen molar-refractivity contribution in [1.29, 1.82) is 0 Å². The maximum Gasteiger partial charge on any atom is 0.335 e. The van der Waals surface area contributed by atoms with Crippen molar-refractivity contribution in [1.82, 2.24) is 9.88 Å². The average Bonchev–Trinajstić information content (AvgIpc) is 3.13. The number of aromatic nitrogens is 1. The maximum atomic E-state index is 12.4. The third-order valence-corrected chi connectivity index (χ3v) is 4.50. The Morgan fingerprint density at radius 3 is 2.36 bits per heavy atom. The predicted molar refractivity (Wildman–Crippen MR) is 90.8 cm³/mol. The largest absolute Gasteiger partial charge is 0.478 e. The number of fused-ring (bicyclic) bond motifs is 2. The van der Waals surface area contributed by atoms with Gasteiger partial charge in [-0.1, -0.05) is 12.1 Å². The normalized spacial score (nSPS) is 13.5. The van der Waals surface area contributed by atoms with Crippen molar-refractivity contribution in [2.45, 2.75) is 6.42 Å². The Morgan fingerprint density at radius 2 is 1.72 bits per heavy atom. The molecule has 2 N–H and O–H groups in total. The lowest BCUT2D eigenvalue weighted by atomic mass is 10.1. The second-order valence-electron chi connectivity index (χ2n) is 5.94. The van der Waals surface area contributed by atoms with Crippen LogP contribution in [-0.2, 0) is 6.42 Å². The molecule has 6 nitrogen and oxygen atoms in total. The topological polar surface area (TPSA) is 90.5 Å². The second kappa shape index (κ2) is 5.59. The number of hydrogen-bond donors (Lipinski definition) is 2. The minimum atomic E-state index is -0.991. The van der Waals surface area contributed by atoms with Crippen molar-refractivity contribution in [3.8, 4) is 0 Å². The number of carbonyl (C=O) groups is 3. The Morgan fingerprint density at radius 1 is 1.04 bits per heavy atom. The highest BCUT2D eigenvalue weighted by Gasteiger charge is 2.34. The first-order valence-corrected chi connectivity index (χ1v) is 7.85. The molecule has 0 atom stereocenters. The van der Waals surface area contributed by atoms with E-state index in [1.165, 1.54) is 11.0 Å². The van der Waals surface area contributed by atoms with E-state index in [1.807, 2.05) is 0 Å². The number of carboxylic acids is 1. The van der Waals surface area contributed by atoms with Crippen molar-refractivity contribution >= 4 is 28.7 Å². The summed E-state index contributed by atoms with van der Waals surface area (Å²) < 4.78 is 0. The molecule has 6 heteroatoms. The monoisotopic (exact) mass is 334 g/mol. The number of carboxylic acid groups (broad SMARTS) is 1. The summed E-state index contributed by atoms with van der Waals surface area (Å²) in [4.78, 5) is 40.3. The number of rotatable bonds is 4. The number of imide groups is 1. The molecular formula is C19H14N2O4. The lowest BCUT2D eigenvalue weighted by Crippen LogP contribution is -2.31. The van der Waals surface area contributed by atoms with Crippen LogP contribution in [0.2, 0.25) is 0 Å². The molecule has 124 valence electrons. The predicted octanol–water partition coefficient (Wildman–Crippen LogP) is 2.70. The van der Waals surface area contributed by atoms with Crippen molar-refractivity contribution in [2.75, 3.05) is 6.54 Å². The highest BCUT2D eigenvalue weighted by atomic mass is 16.4. The van der Waals surface area contributed by atoms with Crippen LogP contribution < -0.4 is 0 Å². The fourth-order valence-corrected chi connectivity index (χ4v) is 3.19. The van der Waals surface area contributed by atoms with Gasteiger partial charge in [-0.15, -0.1) is 0 Å². The molecule has 0 saturated carbocycles. The van der Waals surface area contributed by atoms with E-state index in [2.05, 4.69) is 4.98 Å². The molecule has 1 aliphatic heterocycles. The van der Waals surface area contributed by atoms with Gasteiger partial charge in [0.1, 0.15) is 0 Å². The van der Waals surface area contributed by atoms with Crippen LogP contribution in [0.3, 0.4) is 0 Å². The first kappa shape index (κ1) is 15.1. The van der Waals surface area contributed by atoms with E-state index >= 15 is 0 Å². The molecule has 25 heavy (non-hydrogen) atoms. The summed E-state index contributed by atoms with van der Waals surface area (Å²) in [6.45, 7) is 0.247. The fourth-order valence-electron chi connectivity index (χ4n) is 3.19. The number of aromatic amines is 1. The molecule has 4 rings (SSSR count). The molecule has 3 aromatic rings. The van der Waals surface area contributed by atoms with E-state index in [-0.39, 0.29) is 23.9 Å². The van der Waals surface area contributed by atoms with Gasteiger partial charge in [0.05, 0.1) is 16.7 Å². The van der Waals surface area contributed by atoms with Gasteiger partial charge in [-0.2, -0.15) is 0 Å². The Kier molecular flexibility index (Phi) is 3.39. The number of hydrogen-bond acceptors (Lipinski definition) is 3. The number of carbonyl (C=O) groups excluding carboxylic acids is 2. The number of aromatic carboxylic acids is 1. The van der Waals surface area contributed by atoms with E-state index < -0.39 is 5.97 Å². The Hall–Kier alpha value is -3.41. The van der Waals surface area contributed by atoms with Crippen LogP contribution in [0.4, 0.5) is 0 Å². The molecule has 2 heterocycles. The molecule has 0 aliphatic carbocycles. The number of nitrogens with one attached hydrogen (secondary N) is 1. The molecule has 2 aromatic carbocycles. The van der Waals surface area contributed by atoms with Crippen molar-refractivity contribution in [2.24, 2.45) is 0 Å². The molecular weight excluding hydrogens is 320 g/mol. The smallest absolute Gasteiger partial charge is 0.335 e. The van der Waals surface area contributed by atoms with Crippen LogP contribution in [0.1, 0.15) is 36.6 Å². The summed E-state index contributed by atoms with van der Waals surface area (Å²) in [5.74, 6) is -1.56. The van der Waals surface area contributed by atoms with Gasteiger partial charge in [0, 0.05) is 23.6 Å². The van der Waals surface area contributed by atoms with E-state index in [9.17, 15) is 14.4 Å². The number of nitrogens with zero attached hydrogens (tertiary/aromatic N) is 1. The zero-order valence-electron chi connectivity index (χ0n) is 13.2. The highest BCUT2D eigenvalue weighted by Crippen LogP contribution is 2.25. The maximum absolute atomic E-state index is 12.4. The molecule has 0 saturated heterocycles. The standard InChI is InChI=1S/C19H14N2O4/c22-17-13-3-1-2-4-14(13)18(23)21(17)8-7-12-10-20-16-6-5-11(19(24)25)9-15(12)16/h1-6,9-10,20H,7-8H2,(H,24,25). The summed E-state index contributed by atoms with van der Waals surface area (Å²) in [7, 11) is 0. The SMILES string of the molecule is O=C(O)c1ccc2[nH]cc(CCN3C(=O)c4ccccc4C3=O)c2c1. The molecule has 0 bridgehead atoms. The molecule has 0 radical (unpaired) electrons. The third kappa shape index (κ3) is 2.39. The summed E-state index contributed by atoms with van der Waals surface area (Å²) in [5.41, 5.74) is 2.75. The van der Waals surface area contributed by atoms with Gasteiger partial charge in [0.2, 0.25) is 0 Å². The molecule has 0 spiro atoms. The van der Waals surface area contributed by atoms with E-state index in [4.69, 9.17) is 5.11 Å². The highest BCUT2D eigenvalue weighted by molar-refractivity contribution is 6.21. The average molecular weight is 334 g/mol. The van der Waals surface area contributed by atoms with Crippen LogP contribution in [0.15, 0.2) is 48.7 Å². The first-order valence-electron chi connectivity index (χ1n) is 7.85. The lowest BCUT2D eigenvalue weighted by Gasteiger charge is -2.13. The fraction of sp³-hybridized carbons (Fsp3) is 0.105. The lowest BCUT2D eigenvalue weighted by molar-refractivity contribution is 0.0652. The Labute approximate surface area is 142 Å². The van der Waals surface area contributed by atoms with Crippen LogP contribution in [0.25, 0.3) is 10.9 Å². The minimum Gasteiger partial charge on any atom is -0.478 e. The summed E-state index contributed by atoms with van der Waals surface area (Å²) in [6.07, 6.45) is 2.24. The number of benzene rings is 2. The molecule has 0 unspecified atom stereocenters. The van der Waals surface area contributed by atoms with Crippen molar-refractivity contribution in [3.05, 3.63) is 70.9 Å². The van der Waals surface area contributed by atoms with Crippen LogP contribution >= 0.6 is 0 Å². The van der Waals surface area contributed by atoms with Gasteiger partial charge in [-0.25, -0.2) is 4.79 Å². The quantitative estimate of drug-likeness (QED) is 0.718. The van der Waals surface area contributed by atoms with Crippen molar-refractivity contribution < 1.29 is 19.5 Å². The van der Waals surface area contributed by atoms with Gasteiger partial charge in [0.15, 0.2) is 0 Å². The van der Waals surface area contributed by atoms with Crippen LogP contribution in [0.5, 0.6) is 0 Å². The molecule has 1 aromatic heterocycles. The van der Waals surface area contributed by atoms with E-state index in [0.717, 1.165) is 16.5 Å². The van der Waals surface area contributed by atoms with Gasteiger partial charge in [0.25, 0.3) is 11.8 Å². The summed E-state index contributed by atoms with van der Waals surface area (Å²) >= 11 is 0.